The maximum atomic E-state index is 12.8. The molecule has 0 fully saturated rings. The molecule has 0 bridgehead atoms. The monoisotopic (exact) mass is 372 g/mol. The van der Waals surface area contributed by atoms with E-state index in [1.165, 1.54) is 0 Å². The zero-order valence-corrected chi connectivity index (χ0v) is 15.4. The van der Waals surface area contributed by atoms with E-state index in [4.69, 9.17) is 9.47 Å². The van der Waals surface area contributed by atoms with Gasteiger partial charge in [-0.15, -0.1) is 0 Å². The average molecular weight is 372 g/mol. The van der Waals surface area contributed by atoms with Gasteiger partial charge in [-0.05, 0) is 18.2 Å². The fourth-order valence-corrected chi connectivity index (χ4v) is 3.03. The Hall–Kier alpha value is -3.73. The molecular formula is C23H20N2O3. The molecule has 5 nitrogen and oxygen atoms in total. The van der Waals surface area contributed by atoms with Crippen molar-refractivity contribution in [3.63, 3.8) is 0 Å². The number of ether oxygens (including phenoxy) is 2. The molecular weight excluding hydrogens is 352 g/mol. The van der Waals surface area contributed by atoms with Gasteiger partial charge in [0.15, 0.2) is 6.23 Å². The van der Waals surface area contributed by atoms with Gasteiger partial charge in [-0.1, -0.05) is 66.7 Å². The van der Waals surface area contributed by atoms with Crippen molar-refractivity contribution in [1.29, 1.82) is 0 Å². The minimum Gasteiger partial charge on any atom is -0.497 e. The number of nitrogens with one attached hydrogen (secondary N) is 2. The highest BCUT2D eigenvalue weighted by Crippen LogP contribution is 2.31. The first-order valence-corrected chi connectivity index (χ1v) is 8.98. The van der Waals surface area contributed by atoms with Gasteiger partial charge in [0.1, 0.15) is 11.4 Å². The summed E-state index contributed by atoms with van der Waals surface area (Å²) in [4.78, 5) is 12.8. The standard InChI is InChI=1S/C23H20N2O3/c1-27-19-14-8-13-18(15-19)21(26)25-23-20(16-9-4-2-5-10-16)24-22(28-23)17-11-6-3-7-12-17/h2-15,22,24H,1H3,(H,25,26). The van der Waals surface area contributed by atoms with Gasteiger partial charge in [-0.25, -0.2) is 0 Å². The minimum absolute atomic E-state index is 0.266. The number of carbonyl (C=O) groups is 1. The second kappa shape index (κ2) is 7.88. The lowest BCUT2D eigenvalue weighted by Crippen LogP contribution is -2.24. The molecule has 0 aromatic heterocycles. The smallest absolute Gasteiger partial charge is 0.258 e. The number of hydrogen-bond donors (Lipinski definition) is 2. The van der Waals surface area contributed by atoms with E-state index in [-0.39, 0.29) is 12.1 Å². The predicted octanol–water partition coefficient (Wildman–Crippen LogP) is 4.07. The number of rotatable bonds is 5. The summed E-state index contributed by atoms with van der Waals surface area (Å²) in [7, 11) is 1.57. The van der Waals surface area contributed by atoms with E-state index in [1.54, 1.807) is 31.4 Å². The summed E-state index contributed by atoms with van der Waals surface area (Å²) in [6.07, 6.45) is -0.378. The number of benzene rings is 3. The zero-order chi connectivity index (χ0) is 19.3. The van der Waals surface area contributed by atoms with Crippen LogP contribution < -0.4 is 15.4 Å². The van der Waals surface area contributed by atoms with Gasteiger partial charge in [-0.2, -0.15) is 0 Å². The number of hydrogen-bond acceptors (Lipinski definition) is 4. The Morgan fingerprint density at radius 3 is 2.39 bits per heavy atom. The van der Waals surface area contributed by atoms with E-state index in [1.807, 2.05) is 60.7 Å². The minimum atomic E-state index is -0.378. The van der Waals surface area contributed by atoms with Crippen molar-refractivity contribution in [3.8, 4) is 5.75 Å². The molecule has 1 atom stereocenters. The molecule has 1 amide bonds. The first-order chi connectivity index (χ1) is 13.7. The van der Waals surface area contributed by atoms with E-state index >= 15 is 0 Å². The first kappa shape index (κ1) is 17.7. The second-order valence-corrected chi connectivity index (χ2v) is 6.31. The van der Waals surface area contributed by atoms with Crippen LogP contribution in [0, 0.1) is 0 Å². The maximum Gasteiger partial charge on any atom is 0.258 e. The number of amides is 1. The highest BCUT2D eigenvalue weighted by molar-refractivity contribution is 5.96. The van der Waals surface area contributed by atoms with E-state index in [0.29, 0.717) is 17.2 Å². The van der Waals surface area contributed by atoms with Crippen LogP contribution in [0.5, 0.6) is 5.75 Å². The first-order valence-electron chi connectivity index (χ1n) is 8.98. The molecule has 0 saturated heterocycles. The molecule has 0 spiro atoms. The molecule has 3 aromatic rings. The van der Waals surface area contributed by atoms with Gasteiger partial charge in [0, 0.05) is 16.7 Å². The van der Waals surface area contributed by atoms with Crippen LogP contribution in [-0.4, -0.2) is 13.0 Å². The molecule has 1 unspecified atom stereocenters. The summed E-state index contributed by atoms with van der Waals surface area (Å²) < 4.78 is 11.3. The van der Waals surface area contributed by atoms with Crippen LogP contribution >= 0.6 is 0 Å². The summed E-state index contributed by atoms with van der Waals surface area (Å²) >= 11 is 0. The van der Waals surface area contributed by atoms with Crippen LogP contribution in [0.1, 0.15) is 27.7 Å². The molecule has 2 N–H and O–H groups in total. The average Bonchev–Trinajstić information content (AvgIpc) is 3.19. The van der Waals surface area contributed by atoms with Crippen LogP contribution in [0.15, 0.2) is 90.8 Å². The number of methoxy groups -OCH3 is 1. The van der Waals surface area contributed by atoms with Crippen molar-refractivity contribution < 1.29 is 14.3 Å². The van der Waals surface area contributed by atoms with E-state index in [0.717, 1.165) is 16.8 Å². The summed E-state index contributed by atoms with van der Waals surface area (Å²) in [5.74, 6) is 0.753. The van der Waals surface area contributed by atoms with Gasteiger partial charge >= 0.3 is 0 Å². The van der Waals surface area contributed by atoms with Crippen molar-refractivity contribution in [1.82, 2.24) is 10.6 Å². The van der Waals surface area contributed by atoms with Crippen LogP contribution in [0.3, 0.4) is 0 Å². The quantitative estimate of drug-likeness (QED) is 0.709. The Labute approximate surface area is 163 Å². The highest BCUT2D eigenvalue weighted by atomic mass is 16.5. The summed E-state index contributed by atoms with van der Waals surface area (Å²) in [6.45, 7) is 0. The second-order valence-electron chi connectivity index (χ2n) is 6.31. The van der Waals surface area contributed by atoms with Gasteiger partial charge < -0.3 is 14.8 Å². The van der Waals surface area contributed by atoms with Gasteiger partial charge in [0.2, 0.25) is 5.88 Å². The van der Waals surface area contributed by atoms with Crippen LogP contribution in [0.25, 0.3) is 5.70 Å². The molecule has 140 valence electrons. The van der Waals surface area contributed by atoms with Crippen molar-refractivity contribution in [2.45, 2.75) is 6.23 Å². The fraction of sp³-hybridized carbons (Fsp3) is 0.0870. The van der Waals surface area contributed by atoms with Gasteiger partial charge in [0.25, 0.3) is 5.91 Å². The summed E-state index contributed by atoms with van der Waals surface area (Å²) in [5.41, 5.74) is 3.14. The molecule has 1 aliphatic heterocycles. The van der Waals surface area contributed by atoms with Crippen LogP contribution in [0.2, 0.25) is 0 Å². The molecule has 0 aliphatic carbocycles. The molecule has 0 radical (unpaired) electrons. The third kappa shape index (κ3) is 3.69. The Bertz CT molecular complexity index is 1000. The third-order valence-corrected chi connectivity index (χ3v) is 4.46. The van der Waals surface area contributed by atoms with Crippen molar-refractivity contribution in [2.24, 2.45) is 0 Å². The molecule has 5 heteroatoms. The lowest BCUT2D eigenvalue weighted by atomic mass is 10.1. The Morgan fingerprint density at radius 1 is 0.964 bits per heavy atom. The Balaban J connectivity index is 1.63. The zero-order valence-electron chi connectivity index (χ0n) is 15.4. The van der Waals surface area contributed by atoms with Crippen molar-refractivity contribution in [3.05, 3.63) is 108 Å². The molecule has 1 aliphatic rings. The normalized spacial score (nSPS) is 15.5. The fourth-order valence-electron chi connectivity index (χ4n) is 3.03. The lowest BCUT2D eigenvalue weighted by molar-refractivity contribution is 0.0850. The Morgan fingerprint density at radius 2 is 1.68 bits per heavy atom. The van der Waals surface area contributed by atoms with Crippen molar-refractivity contribution >= 4 is 11.6 Å². The van der Waals surface area contributed by atoms with E-state index in [2.05, 4.69) is 10.6 Å². The Kier molecular flexibility index (Phi) is 4.97. The molecule has 1 heterocycles. The van der Waals surface area contributed by atoms with Crippen LogP contribution in [-0.2, 0) is 4.74 Å². The lowest BCUT2D eigenvalue weighted by Gasteiger charge is -2.13. The third-order valence-electron chi connectivity index (χ3n) is 4.46. The van der Waals surface area contributed by atoms with Gasteiger partial charge in [-0.3, -0.25) is 10.1 Å². The molecule has 4 rings (SSSR count). The van der Waals surface area contributed by atoms with Gasteiger partial charge in [0.05, 0.1) is 7.11 Å². The SMILES string of the molecule is COc1cccc(C(=O)NC2=C(c3ccccc3)NC(c3ccccc3)O2)c1. The maximum absolute atomic E-state index is 12.8. The van der Waals surface area contributed by atoms with E-state index in [9.17, 15) is 4.79 Å². The predicted molar refractivity (Wildman–Crippen MR) is 107 cm³/mol. The molecule has 28 heavy (non-hydrogen) atoms. The van der Waals surface area contributed by atoms with Crippen molar-refractivity contribution in [2.75, 3.05) is 7.11 Å². The van der Waals surface area contributed by atoms with Crippen LogP contribution in [0.4, 0.5) is 0 Å². The largest absolute Gasteiger partial charge is 0.497 e. The highest BCUT2D eigenvalue weighted by Gasteiger charge is 2.28. The van der Waals surface area contributed by atoms with E-state index < -0.39 is 0 Å². The molecule has 3 aromatic carbocycles. The summed E-state index contributed by atoms with van der Waals surface area (Å²) in [5, 5.41) is 6.27. The number of carbonyl (C=O) groups excluding carboxylic acids is 1. The summed E-state index contributed by atoms with van der Waals surface area (Å²) in [6, 6.07) is 26.6. The topological polar surface area (TPSA) is 59.6 Å². The molecule has 0 saturated carbocycles.